The van der Waals surface area contributed by atoms with E-state index in [4.69, 9.17) is 5.73 Å². The largest absolute Gasteiger partial charge is 0.507 e. The van der Waals surface area contributed by atoms with Crippen molar-refractivity contribution in [2.45, 2.75) is 20.0 Å². The van der Waals surface area contributed by atoms with Crippen molar-refractivity contribution < 1.29 is 18.7 Å². The molecule has 160 valence electrons. The Labute approximate surface area is 182 Å². The molecule has 6 nitrogen and oxygen atoms in total. The molecular formula is C24H18F2N4O2. The van der Waals surface area contributed by atoms with Gasteiger partial charge in [0.1, 0.15) is 11.4 Å². The van der Waals surface area contributed by atoms with Crippen LogP contribution in [0.15, 0.2) is 48.5 Å². The van der Waals surface area contributed by atoms with Gasteiger partial charge < -0.3 is 15.7 Å². The number of carbonyl (C=O) groups excluding carboxylic acids is 1. The third kappa shape index (κ3) is 3.11. The van der Waals surface area contributed by atoms with Gasteiger partial charge in [-0.1, -0.05) is 30.3 Å². The normalized spacial score (nSPS) is 12.9. The summed E-state index contributed by atoms with van der Waals surface area (Å²) in [5.41, 5.74) is 8.83. The van der Waals surface area contributed by atoms with E-state index in [1.807, 2.05) is 24.3 Å². The second kappa shape index (κ2) is 7.26. The molecule has 0 spiro atoms. The van der Waals surface area contributed by atoms with Crippen molar-refractivity contribution in [2.75, 3.05) is 5.73 Å². The van der Waals surface area contributed by atoms with Crippen LogP contribution in [-0.4, -0.2) is 25.9 Å². The molecule has 0 bridgehead atoms. The molecule has 0 aliphatic carbocycles. The first-order valence-electron chi connectivity index (χ1n) is 9.94. The Morgan fingerprint density at radius 1 is 1.06 bits per heavy atom. The molecule has 2 heterocycles. The zero-order valence-corrected chi connectivity index (χ0v) is 17.1. The number of hydrogen-bond acceptors (Lipinski definition) is 5. The number of rotatable bonds is 2. The standard InChI is InChI=1S/C24H18F2N4O2/c1-12-20(26)18(25)9-16(22(12)31)13-6-7-19-17(8-13)21(29-24(27)28-19)23(32)30-10-14-4-2-3-5-15(14)11-30/h2-9,31H,10-11H2,1H3,(H2,27,28,29). The summed E-state index contributed by atoms with van der Waals surface area (Å²) in [7, 11) is 0. The van der Waals surface area contributed by atoms with Gasteiger partial charge in [0.15, 0.2) is 11.6 Å². The van der Waals surface area contributed by atoms with Gasteiger partial charge in [-0.3, -0.25) is 4.79 Å². The van der Waals surface area contributed by atoms with Gasteiger partial charge in [-0.15, -0.1) is 0 Å². The highest BCUT2D eigenvalue weighted by molar-refractivity contribution is 6.06. The number of nitrogens with two attached hydrogens (primary N) is 1. The Balaban J connectivity index is 1.63. The number of carbonyl (C=O) groups is 1. The highest BCUT2D eigenvalue weighted by atomic mass is 19.2. The summed E-state index contributed by atoms with van der Waals surface area (Å²) in [4.78, 5) is 23.4. The minimum Gasteiger partial charge on any atom is -0.507 e. The smallest absolute Gasteiger partial charge is 0.273 e. The van der Waals surface area contributed by atoms with Crippen LogP contribution >= 0.6 is 0 Å². The number of benzene rings is 3. The number of fused-ring (bicyclic) bond motifs is 2. The van der Waals surface area contributed by atoms with Crippen LogP contribution < -0.4 is 5.73 Å². The molecule has 1 aromatic heterocycles. The van der Waals surface area contributed by atoms with Gasteiger partial charge >= 0.3 is 0 Å². The van der Waals surface area contributed by atoms with Gasteiger partial charge in [-0.2, -0.15) is 0 Å². The van der Waals surface area contributed by atoms with Crippen molar-refractivity contribution >= 4 is 22.8 Å². The molecule has 1 aliphatic heterocycles. The maximum atomic E-state index is 14.0. The van der Waals surface area contributed by atoms with Gasteiger partial charge in [0.25, 0.3) is 5.91 Å². The van der Waals surface area contributed by atoms with E-state index in [9.17, 15) is 18.7 Å². The van der Waals surface area contributed by atoms with Crippen molar-refractivity contribution in [3.63, 3.8) is 0 Å². The molecule has 0 saturated heterocycles. The molecule has 1 aliphatic rings. The summed E-state index contributed by atoms with van der Waals surface area (Å²) >= 11 is 0. The van der Waals surface area contributed by atoms with E-state index in [1.165, 1.54) is 6.92 Å². The Morgan fingerprint density at radius 3 is 2.44 bits per heavy atom. The molecule has 32 heavy (non-hydrogen) atoms. The van der Waals surface area contributed by atoms with Crippen LogP contribution in [0.5, 0.6) is 5.75 Å². The first-order chi connectivity index (χ1) is 15.3. The summed E-state index contributed by atoms with van der Waals surface area (Å²) < 4.78 is 27.8. The molecule has 3 N–H and O–H groups in total. The van der Waals surface area contributed by atoms with E-state index in [1.54, 1.807) is 23.1 Å². The zero-order chi connectivity index (χ0) is 22.6. The molecule has 3 aromatic carbocycles. The Hall–Kier alpha value is -4.07. The molecule has 1 amide bonds. The minimum absolute atomic E-state index is 0.0446. The lowest BCUT2D eigenvalue weighted by Crippen LogP contribution is -2.27. The summed E-state index contributed by atoms with van der Waals surface area (Å²) in [6.45, 7) is 2.19. The number of aromatic hydroxyl groups is 1. The zero-order valence-electron chi connectivity index (χ0n) is 17.1. The summed E-state index contributed by atoms with van der Waals surface area (Å²) in [5.74, 6) is -2.91. The average Bonchev–Trinajstić information content (AvgIpc) is 3.23. The van der Waals surface area contributed by atoms with E-state index >= 15 is 0 Å². The van der Waals surface area contributed by atoms with Crippen molar-refractivity contribution in [2.24, 2.45) is 0 Å². The van der Waals surface area contributed by atoms with Crippen LogP contribution in [-0.2, 0) is 13.1 Å². The van der Waals surface area contributed by atoms with Crippen LogP contribution in [0, 0.1) is 18.6 Å². The topological polar surface area (TPSA) is 92.3 Å². The number of phenols is 1. The number of amides is 1. The number of aromatic nitrogens is 2. The summed E-state index contributed by atoms with van der Waals surface area (Å²) in [5, 5.41) is 10.8. The quantitative estimate of drug-likeness (QED) is 0.492. The van der Waals surface area contributed by atoms with Crippen molar-refractivity contribution in [3.8, 4) is 16.9 Å². The summed E-state index contributed by atoms with van der Waals surface area (Å²) in [6.07, 6.45) is 0. The monoisotopic (exact) mass is 432 g/mol. The molecule has 0 unspecified atom stereocenters. The second-order valence-electron chi connectivity index (χ2n) is 7.79. The second-order valence-corrected chi connectivity index (χ2v) is 7.79. The molecule has 0 radical (unpaired) electrons. The maximum Gasteiger partial charge on any atom is 0.273 e. The lowest BCUT2D eigenvalue weighted by Gasteiger charge is -2.17. The molecule has 0 saturated carbocycles. The Morgan fingerprint density at radius 2 is 1.75 bits per heavy atom. The lowest BCUT2D eigenvalue weighted by molar-refractivity contribution is 0.0747. The van der Waals surface area contributed by atoms with Gasteiger partial charge in [-0.25, -0.2) is 18.7 Å². The van der Waals surface area contributed by atoms with Gasteiger partial charge in [0.05, 0.1) is 5.52 Å². The predicted molar refractivity (Wildman–Crippen MR) is 116 cm³/mol. The predicted octanol–water partition coefficient (Wildman–Crippen LogP) is 4.33. The van der Waals surface area contributed by atoms with Gasteiger partial charge in [-0.05, 0) is 41.8 Å². The third-order valence-electron chi connectivity index (χ3n) is 5.77. The fourth-order valence-corrected chi connectivity index (χ4v) is 4.07. The van der Waals surface area contributed by atoms with Crippen LogP contribution in [0.2, 0.25) is 0 Å². The van der Waals surface area contributed by atoms with Crippen LogP contribution in [0.1, 0.15) is 27.2 Å². The highest BCUT2D eigenvalue weighted by Crippen LogP contribution is 2.36. The van der Waals surface area contributed by atoms with E-state index in [2.05, 4.69) is 9.97 Å². The van der Waals surface area contributed by atoms with Crippen LogP contribution in [0.3, 0.4) is 0 Å². The molecule has 8 heteroatoms. The first-order valence-corrected chi connectivity index (χ1v) is 9.94. The number of phenolic OH excluding ortho intramolecular Hbond substituents is 1. The van der Waals surface area contributed by atoms with Crippen molar-refractivity contribution in [1.82, 2.24) is 14.9 Å². The van der Waals surface area contributed by atoms with E-state index < -0.39 is 11.6 Å². The van der Waals surface area contributed by atoms with E-state index in [0.29, 0.717) is 29.6 Å². The number of anilines is 1. The number of nitrogens with zero attached hydrogens (tertiary/aromatic N) is 3. The molecule has 0 atom stereocenters. The fraction of sp³-hybridized carbons (Fsp3) is 0.125. The summed E-state index contributed by atoms with van der Waals surface area (Å²) in [6, 6.07) is 13.5. The Kier molecular flexibility index (Phi) is 4.51. The molecule has 4 aromatic rings. The van der Waals surface area contributed by atoms with Crippen LogP contribution in [0.4, 0.5) is 14.7 Å². The first kappa shape index (κ1) is 19.9. The van der Waals surface area contributed by atoms with Crippen LogP contribution in [0.25, 0.3) is 22.0 Å². The highest BCUT2D eigenvalue weighted by Gasteiger charge is 2.27. The van der Waals surface area contributed by atoms with E-state index in [0.717, 1.165) is 17.2 Å². The number of halogens is 2. The fourth-order valence-electron chi connectivity index (χ4n) is 4.07. The lowest BCUT2D eigenvalue weighted by atomic mass is 9.99. The van der Waals surface area contributed by atoms with E-state index in [-0.39, 0.29) is 34.4 Å². The maximum absolute atomic E-state index is 14.0. The molecule has 5 rings (SSSR count). The van der Waals surface area contributed by atoms with Crippen molar-refractivity contribution in [1.29, 1.82) is 0 Å². The number of nitrogen functional groups attached to an aromatic ring is 1. The SMILES string of the molecule is Cc1c(O)c(-c2ccc3nc(N)nc(C(=O)N4Cc5ccccc5C4)c3c2)cc(F)c1F. The third-order valence-corrected chi connectivity index (χ3v) is 5.77. The van der Waals surface area contributed by atoms with Crippen molar-refractivity contribution in [3.05, 3.63) is 82.5 Å². The molecule has 0 fully saturated rings. The molecular weight excluding hydrogens is 414 g/mol. The Bertz CT molecular complexity index is 1400. The number of hydrogen-bond donors (Lipinski definition) is 2. The van der Waals surface area contributed by atoms with Gasteiger partial charge in [0.2, 0.25) is 5.95 Å². The minimum atomic E-state index is -1.10. The van der Waals surface area contributed by atoms with Gasteiger partial charge in [0, 0.05) is 29.6 Å². The average molecular weight is 432 g/mol.